The molecule has 41 heavy (non-hydrogen) atoms. The van der Waals surface area contributed by atoms with Gasteiger partial charge in [-0.3, -0.25) is 9.59 Å². The SMILES string of the molecule is Cc1ccc2cccc(OCc3c(Cl)ccc(N(C)C(=O)Cc4ccc(C(=O)c5ccc(Cl)cc5)n4C)c3Cl)c2n1. The predicted octanol–water partition coefficient (Wildman–Crippen LogP) is 7.86. The largest absolute Gasteiger partial charge is 0.487 e. The summed E-state index contributed by atoms with van der Waals surface area (Å²) in [7, 11) is 3.42. The molecule has 5 aromatic rings. The Kier molecular flexibility index (Phi) is 8.36. The van der Waals surface area contributed by atoms with Crippen LogP contribution in [-0.2, 0) is 24.9 Å². The van der Waals surface area contributed by atoms with E-state index in [-0.39, 0.29) is 24.7 Å². The zero-order valence-electron chi connectivity index (χ0n) is 22.6. The summed E-state index contributed by atoms with van der Waals surface area (Å²) < 4.78 is 7.85. The number of likely N-dealkylation sites (N-methyl/N-ethyl adjacent to an activating group) is 1. The van der Waals surface area contributed by atoms with Gasteiger partial charge in [-0.2, -0.15) is 0 Å². The standard InChI is InChI=1S/C32H26Cl3N3O3/c1-19-7-8-20-5-4-6-28(31(20)36-19)41-18-24-25(34)14-16-26(30(24)35)38(3)29(39)17-23-13-15-27(37(23)2)32(40)21-9-11-22(33)12-10-21/h4-16H,17-18H2,1-3H3. The molecule has 208 valence electrons. The van der Waals surface area contributed by atoms with Gasteiger partial charge < -0.3 is 14.2 Å². The summed E-state index contributed by atoms with van der Waals surface area (Å²) in [4.78, 5) is 32.4. The third-order valence-electron chi connectivity index (χ3n) is 6.99. The van der Waals surface area contributed by atoms with Crippen LogP contribution in [0.4, 0.5) is 5.69 Å². The smallest absolute Gasteiger partial charge is 0.232 e. The van der Waals surface area contributed by atoms with Crippen LogP contribution in [0.3, 0.4) is 0 Å². The van der Waals surface area contributed by atoms with Crippen LogP contribution in [0.25, 0.3) is 10.9 Å². The van der Waals surface area contributed by atoms with E-state index in [1.165, 1.54) is 4.90 Å². The van der Waals surface area contributed by atoms with E-state index in [1.807, 2.05) is 37.3 Å². The van der Waals surface area contributed by atoms with Crippen molar-refractivity contribution in [1.29, 1.82) is 0 Å². The number of aromatic nitrogens is 2. The highest BCUT2D eigenvalue weighted by Crippen LogP contribution is 2.35. The quantitative estimate of drug-likeness (QED) is 0.169. The van der Waals surface area contributed by atoms with Gasteiger partial charge in [-0.25, -0.2) is 4.98 Å². The number of fused-ring (bicyclic) bond motifs is 1. The molecule has 0 saturated heterocycles. The van der Waals surface area contributed by atoms with Crippen molar-refractivity contribution >= 4 is 63.1 Å². The highest BCUT2D eigenvalue weighted by molar-refractivity contribution is 6.38. The lowest BCUT2D eigenvalue weighted by molar-refractivity contribution is -0.117. The molecule has 0 unspecified atom stereocenters. The number of hydrogen-bond acceptors (Lipinski definition) is 4. The second-order valence-corrected chi connectivity index (χ2v) is 10.9. The van der Waals surface area contributed by atoms with Crippen molar-refractivity contribution in [2.45, 2.75) is 20.0 Å². The van der Waals surface area contributed by atoms with Gasteiger partial charge in [0, 0.05) is 52.0 Å². The van der Waals surface area contributed by atoms with E-state index < -0.39 is 0 Å². The number of amides is 1. The third kappa shape index (κ3) is 5.96. The number of halogens is 3. The van der Waals surface area contributed by atoms with Gasteiger partial charge >= 0.3 is 0 Å². The molecule has 0 N–H and O–H groups in total. The number of para-hydroxylation sites is 1. The number of carbonyl (C=O) groups excluding carboxylic acids is 2. The minimum Gasteiger partial charge on any atom is -0.487 e. The van der Waals surface area contributed by atoms with Crippen molar-refractivity contribution in [3.8, 4) is 5.75 Å². The molecule has 9 heteroatoms. The third-order valence-corrected chi connectivity index (χ3v) is 8.02. The van der Waals surface area contributed by atoms with E-state index in [0.29, 0.717) is 49.0 Å². The molecule has 3 aromatic carbocycles. The normalized spacial score (nSPS) is 11.1. The summed E-state index contributed by atoms with van der Waals surface area (Å²) in [6.45, 7) is 2.02. The number of carbonyl (C=O) groups is 2. The summed E-state index contributed by atoms with van der Waals surface area (Å²) in [5.74, 6) is 0.250. The fourth-order valence-corrected chi connectivity index (χ4v) is 5.31. The Morgan fingerprint density at radius 2 is 1.68 bits per heavy atom. The van der Waals surface area contributed by atoms with Crippen molar-refractivity contribution < 1.29 is 14.3 Å². The van der Waals surface area contributed by atoms with Gasteiger partial charge in [-0.1, -0.05) is 53.0 Å². The summed E-state index contributed by atoms with van der Waals surface area (Å²) in [5.41, 5.74) is 4.36. The number of ketones is 1. The van der Waals surface area contributed by atoms with Crippen LogP contribution in [0, 0.1) is 6.92 Å². The Hall–Kier alpha value is -3.84. The van der Waals surface area contributed by atoms with Gasteiger partial charge in [0.1, 0.15) is 17.9 Å². The second kappa shape index (κ2) is 12.0. The van der Waals surface area contributed by atoms with Crippen molar-refractivity contribution in [1.82, 2.24) is 9.55 Å². The number of ether oxygens (including phenoxy) is 1. The van der Waals surface area contributed by atoms with Crippen molar-refractivity contribution in [2.75, 3.05) is 11.9 Å². The number of hydrogen-bond donors (Lipinski definition) is 0. The topological polar surface area (TPSA) is 64.4 Å². The van der Waals surface area contributed by atoms with Gasteiger partial charge in [0.2, 0.25) is 11.7 Å². The molecule has 0 aliphatic heterocycles. The molecule has 0 saturated carbocycles. The van der Waals surface area contributed by atoms with E-state index >= 15 is 0 Å². The maximum absolute atomic E-state index is 13.3. The monoisotopic (exact) mass is 605 g/mol. The van der Waals surface area contributed by atoms with Crippen LogP contribution >= 0.6 is 34.8 Å². The summed E-state index contributed by atoms with van der Waals surface area (Å²) in [6.07, 6.45) is 0.0622. The molecule has 2 aromatic heterocycles. The first-order valence-electron chi connectivity index (χ1n) is 12.8. The molecule has 2 heterocycles. The maximum Gasteiger partial charge on any atom is 0.232 e. The molecule has 0 spiro atoms. The van der Waals surface area contributed by atoms with E-state index in [0.717, 1.165) is 16.6 Å². The van der Waals surface area contributed by atoms with E-state index in [2.05, 4.69) is 4.98 Å². The number of rotatable bonds is 8. The summed E-state index contributed by atoms with van der Waals surface area (Å²) in [6, 6.07) is 23.3. The van der Waals surface area contributed by atoms with Gasteiger partial charge in [-0.15, -0.1) is 0 Å². The second-order valence-electron chi connectivity index (χ2n) is 9.66. The molecular weight excluding hydrogens is 581 g/mol. The average molecular weight is 607 g/mol. The first-order valence-corrected chi connectivity index (χ1v) is 13.9. The van der Waals surface area contributed by atoms with Crippen molar-refractivity contribution in [2.24, 2.45) is 7.05 Å². The molecule has 1 amide bonds. The first-order chi connectivity index (χ1) is 19.6. The molecule has 0 fully saturated rings. The zero-order valence-corrected chi connectivity index (χ0v) is 24.9. The molecule has 0 aliphatic rings. The van der Waals surface area contributed by atoms with Crippen molar-refractivity contribution in [3.05, 3.63) is 122 Å². The molecule has 6 nitrogen and oxygen atoms in total. The minimum absolute atomic E-state index is 0.0622. The van der Waals surface area contributed by atoms with Gasteiger partial charge in [0.25, 0.3) is 0 Å². The van der Waals surface area contributed by atoms with Gasteiger partial charge in [0.15, 0.2) is 0 Å². The number of anilines is 1. The maximum atomic E-state index is 13.3. The van der Waals surface area contributed by atoms with Crippen LogP contribution in [0.1, 0.15) is 33.0 Å². The van der Waals surface area contributed by atoms with Crippen molar-refractivity contribution in [3.63, 3.8) is 0 Å². The molecule has 0 aliphatic carbocycles. The number of nitrogens with zero attached hydrogens (tertiary/aromatic N) is 3. The Balaban J connectivity index is 1.33. The van der Waals surface area contributed by atoms with Gasteiger partial charge in [0.05, 0.1) is 22.8 Å². The predicted molar refractivity (Wildman–Crippen MR) is 165 cm³/mol. The van der Waals surface area contributed by atoms with Crippen LogP contribution in [0.5, 0.6) is 5.75 Å². The number of benzene rings is 3. The van der Waals surface area contributed by atoms with Crippen LogP contribution < -0.4 is 9.64 Å². The zero-order chi connectivity index (χ0) is 29.3. The lowest BCUT2D eigenvalue weighted by Gasteiger charge is -2.21. The molecular formula is C32H26Cl3N3O3. The molecule has 0 bridgehead atoms. The minimum atomic E-state index is -0.207. The Morgan fingerprint density at radius 3 is 2.44 bits per heavy atom. The molecule has 0 atom stereocenters. The average Bonchev–Trinajstić information content (AvgIpc) is 3.32. The van der Waals surface area contributed by atoms with Gasteiger partial charge in [-0.05, 0) is 67.6 Å². The Morgan fingerprint density at radius 1 is 0.927 bits per heavy atom. The van der Waals surface area contributed by atoms with E-state index in [9.17, 15) is 9.59 Å². The van der Waals surface area contributed by atoms with Crippen LogP contribution in [0.15, 0.2) is 78.9 Å². The number of aryl methyl sites for hydroxylation is 1. The first kappa shape index (κ1) is 28.7. The fourth-order valence-electron chi connectivity index (χ4n) is 4.58. The summed E-state index contributed by atoms with van der Waals surface area (Å²) >= 11 is 19.3. The van der Waals surface area contributed by atoms with E-state index in [4.69, 9.17) is 39.5 Å². The highest BCUT2D eigenvalue weighted by Gasteiger charge is 2.22. The Labute approximate surface area is 253 Å². The lowest BCUT2D eigenvalue weighted by atomic mass is 10.1. The van der Waals surface area contributed by atoms with Crippen LogP contribution in [0.2, 0.25) is 15.1 Å². The summed E-state index contributed by atoms with van der Waals surface area (Å²) in [5, 5.41) is 2.27. The fraction of sp³-hybridized carbons (Fsp3) is 0.156. The molecule has 0 radical (unpaired) electrons. The highest BCUT2D eigenvalue weighted by atomic mass is 35.5. The number of pyridine rings is 1. The van der Waals surface area contributed by atoms with Crippen LogP contribution in [-0.4, -0.2) is 28.3 Å². The Bertz CT molecular complexity index is 1780. The van der Waals surface area contributed by atoms with E-state index in [1.54, 1.807) is 67.2 Å². The molecule has 5 rings (SSSR count). The lowest BCUT2D eigenvalue weighted by Crippen LogP contribution is -2.29.